The van der Waals surface area contributed by atoms with Crippen molar-refractivity contribution in [2.75, 3.05) is 33.8 Å². The fourth-order valence-corrected chi connectivity index (χ4v) is 3.69. The van der Waals surface area contributed by atoms with Gasteiger partial charge in [0, 0.05) is 20.1 Å². The van der Waals surface area contributed by atoms with Crippen LogP contribution in [0.2, 0.25) is 0 Å². The third kappa shape index (κ3) is 2.64. The van der Waals surface area contributed by atoms with E-state index in [0.29, 0.717) is 18.8 Å². The molecule has 7 heteroatoms. The molecule has 110 valence electrons. The third-order valence-electron chi connectivity index (χ3n) is 3.36. The fourth-order valence-electron chi connectivity index (χ4n) is 2.07. The summed E-state index contributed by atoms with van der Waals surface area (Å²) in [7, 11) is -0.627. The van der Waals surface area contributed by atoms with E-state index in [1.807, 2.05) is 6.92 Å². The Morgan fingerprint density at radius 3 is 2.55 bits per heavy atom. The van der Waals surface area contributed by atoms with Crippen LogP contribution in [0.25, 0.3) is 0 Å². The molecule has 1 amide bonds. The van der Waals surface area contributed by atoms with Gasteiger partial charge >= 0.3 is 0 Å². The quantitative estimate of drug-likeness (QED) is 0.813. The molecule has 1 fully saturated rings. The van der Waals surface area contributed by atoms with Crippen LogP contribution in [0.1, 0.15) is 5.56 Å². The predicted molar refractivity (Wildman–Crippen MR) is 74.1 cm³/mol. The molecule has 0 aliphatic carbocycles. The van der Waals surface area contributed by atoms with E-state index < -0.39 is 10.0 Å². The lowest BCUT2D eigenvalue weighted by atomic mass is 10.2. The third-order valence-corrected chi connectivity index (χ3v) is 5.23. The maximum Gasteiger partial charge on any atom is 0.247 e. The Labute approximate surface area is 119 Å². The molecule has 0 spiro atoms. The van der Waals surface area contributed by atoms with E-state index in [4.69, 9.17) is 4.74 Å². The van der Waals surface area contributed by atoms with Gasteiger partial charge in [0.1, 0.15) is 10.6 Å². The van der Waals surface area contributed by atoms with Gasteiger partial charge in [-0.2, -0.15) is 4.31 Å². The van der Waals surface area contributed by atoms with Crippen molar-refractivity contribution in [2.24, 2.45) is 0 Å². The number of rotatable bonds is 3. The number of benzene rings is 1. The van der Waals surface area contributed by atoms with Crippen molar-refractivity contribution in [3.05, 3.63) is 23.8 Å². The first-order valence-electron chi connectivity index (χ1n) is 6.25. The number of carbonyl (C=O) groups is 1. The highest BCUT2D eigenvalue weighted by atomic mass is 32.2. The molecule has 1 heterocycles. The van der Waals surface area contributed by atoms with Gasteiger partial charge in [-0.05, 0) is 24.6 Å². The number of aryl methyl sites for hydroxylation is 1. The minimum Gasteiger partial charge on any atom is -0.495 e. The Kier molecular flexibility index (Phi) is 4.01. The Hall–Kier alpha value is -1.60. The highest BCUT2D eigenvalue weighted by Gasteiger charge is 2.33. The van der Waals surface area contributed by atoms with Gasteiger partial charge in [0.05, 0.1) is 13.7 Å². The van der Waals surface area contributed by atoms with Gasteiger partial charge in [-0.1, -0.05) is 6.07 Å². The van der Waals surface area contributed by atoms with Crippen LogP contribution in [0, 0.1) is 6.92 Å². The molecular formula is C13H18N2O4S. The van der Waals surface area contributed by atoms with E-state index in [2.05, 4.69) is 0 Å². The normalized spacial score (nSPS) is 17.4. The zero-order valence-corrected chi connectivity index (χ0v) is 12.6. The molecule has 1 aromatic carbocycles. The second kappa shape index (κ2) is 5.41. The molecule has 0 saturated carbocycles. The number of likely N-dealkylation sites (N-methyl/N-ethyl adjacent to an activating group) is 1. The Morgan fingerprint density at radius 2 is 1.95 bits per heavy atom. The second-order valence-electron chi connectivity index (χ2n) is 4.81. The van der Waals surface area contributed by atoms with E-state index in [9.17, 15) is 13.2 Å². The van der Waals surface area contributed by atoms with Crippen LogP contribution in [0.4, 0.5) is 0 Å². The number of hydrogen-bond donors (Lipinski definition) is 0. The highest BCUT2D eigenvalue weighted by Crippen LogP contribution is 2.28. The molecule has 1 aliphatic rings. The fraction of sp³-hybridized carbons (Fsp3) is 0.462. The summed E-state index contributed by atoms with van der Waals surface area (Å²) in [5.41, 5.74) is 0.824. The largest absolute Gasteiger partial charge is 0.495 e. The molecule has 6 nitrogen and oxygen atoms in total. The van der Waals surface area contributed by atoms with Crippen molar-refractivity contribution < 1.29 is 17.9 Å². The minimum atomic E-state index is -3.72. The molecule has 0 radical (unpaired) electrons. The van der Waals surface area contributed by atoms with Gasteiger partial charge < -0.3 is 9.64 Å². The van der Waals surface area contributed by atoms with Gasteiger partial charge in [0.2, 0.25) is 15.9 Å². The summed E-state index contributed by atoms with van der Waals surface area (Å²) in [6.07, 6.45) is 0. The molecular weight excluding hydrogens is 280 g/mol. The lowest BCUT2D eigenvalue weighted by molar-refractivity contribution is -0.132. The van der Waals surface area contributed by atoms with Gasteiger partial charge in [0.25, 0.3) is 0 Å². The Bertz CT molecular complexity index is 627. The minimum absolute atomic E-state index is 0.109. The highest BCUT2D eigenvalue weighted by molar-refractivity contribution is 7.89. The lowest BCUT2D eigenvalue weighted by Crippen LogP contribution is -2.50. The SMILES string of the molecule is COc1ccc(C)cc1S(=O)(=O)N1CCN(C)C(=O)C1. The first-order chi connectivity index (χ1) is 9.36. The molecule has 0 unspecified atom stereocenters. The molecule has 0 aromatic heterocycles. The van der Waals surface area contributed by atoms with Crippen molar-refractivity contribution in [3.63, 3.8) is 0 Å². The van der Waals surface area contributed by atoms with Crippen LogP contribution >= 0.6 is 0 Å². The summed E-state index contributed by atoms with van der Waals surface area (Å²) in [6.45, 7) is 2.37. The van der Waals surface area contributed by atoms with Crippen LogP contribution in [-0.2, 0) is 14.8 Å². The van der Waals surface area contributed by atoms with E-state index in [0.717, 1.165) is 5.56 Å². The van der Waals surface area contributed by atoms with Gasteiger partial charge in [-0.15, -0.1) is 0 Å². The summed E-state index contributed by atoms with van der Waals surface area (Å²) in [5.74, 6) is 0.0911. The molecule has 20 heavy (non-hydrogen) atoms. The summed E-state index contributed by atoms with van der Waals surface area (Å²) in [4.78, 5) is 13.3. The first kappa shape index (κ1) is 14.8. The monoisotopic (exact) mass is 298 g/mol. The first-order valence-corrected chi connectivity index (χ1v) is 7.69. The number of hydrogen-bond acceptors (Lipinski definition) is 4. The maximum atomic E-state index is 12.6. The van der Waals surface area contributed by atoms with Gasteiger partial charge in [0.15, 0.2) is 0 Å². The number of sulfonamides is 1. The average molecular weight is 298 g/mol. The molecule has 1 aliphatic heterocycles. The Morgan fingerprint density at radius 1 is 1.25 bits per heavy atom. The number of amides is 1. The van der Waals surface area contributed by atoms with Crippen LogP contribution in [0.3, 0.4) is 0 Å². The molecule has 1 saturated heterocycles. The number of carbonyl (C=O) groups excluding carboxylic acids is 1. The lowest BCUT2D eigenvalue weighted by Gasteiger charge is -2.31. The van der Waals surface area contributed by atoms with Crippen molar-refractivity contribution in [1.29, 1.82) is 0 Å². The topological polar surface area (TPSA) is 66.9 Å². The van der Waals surface area contributed by atoms with Crippen LogP contribution < -0.4 is 4.74 Å². The van der Waals surface area contributed by atoms with Crippen molar-refractivity contribution >= 4 is 15.9 Å². The number of ether oxygens (including phenoxy) is 1. The number of nitrogens with zero attached hydrogens (tertiary/aromatic N) is 2. The smallest absolute Gasteiger partial charge is 0.247 e. The second-order valence-corrected chi connectivity index (χ2v) is 6.71. The molecule has 0 atom stereocenters. The number of piperazine rings is 1. The van der Waals surface area contributed by atoms with Crippen molar-refractivity contribution in [1.82, 2.24) is 9.21 Å². The Balaban J connectivity index is 2.40. The van der Waals surface area contributed by atoms with Crippen molar-refractivity contribution in [2.45, 2.75) is 11.8 Å². The standard InChI is InChI=1S/C13H18N2O4S/c1-10-4-5-11(19-3)12(8-10)20(17,18)15-7-6-14(2)13(16)9-15/h4-5,8H,6-7,9H2,1-3H3. The van der Waals surface area contributed by atoms with E-state index in [-0.39, 0.29) is 17.3 Å². The van der Waals surface area contributed by atoms with Crippen LogP contribution in [0.15, 0.2) is 23.1 Å². The van der Waals surface area contributed by atoms with Crippen LogP contribution in [-0.4, -0.2) is 57.3 Å². The van der Waals surface area contributed by atoms with Gasteiger partial charge in [-0.3, -0.25) is 4.79 Å². The zero-order valence-electron chi connectivity index (χ0n) is 11.8. The number of methoxy groups -OCH3 is 1. The van der Waals surface area contributed by atoms with E-state index in [1.165, 1.54) is 16.3 Å². The average Bonchev–Trinajstić information content (AvgIpc) is 2.41. The van der Waals surface area contributed by atoms with E-state index in [1.54, 1.807) is 25.2 Å². The van der Waals surface area contributed by atoms with E-state index >= 15 is 0 Å². The maximum absolute atomic E-state index is 12.6. The predicted octanol–water partition coefficient (Wildman–Crippen LogP) is 0.466. The zero-order chi connectivity index (χ0) is 14.9. The summed E-state index contributed by atoms with van der Waals surface area (Å²) in [5, 5.41) is 0. The summed E-state index contributed by atoms with van der Waals surface area (Å²) < 4.78 is 31.6. The van der Waals surface area contributed by atoms with Crippen molar-refractivity contribution in [3.8, 4) is 5.75 Å². The van der Waals surface area contributed by atoms with Gasteiger partial charge in [-0.25, -0.2) is 8.42 Å². The summed E-state index contributed by atoms with van der Waals surface area (Å²) in [6, 6.07) is 4.98. The molecule has 0 N–H and O–H groups in total. The molecule has 1 aromatic rings. The summed E-state index contributed by atoms with van der Waals surface area (Å²) >= 11 is 0. The molecule has 2 rings (SSSR count). The van der Waals surface area contributed by atoms with Crippen LogP contribution in [0.5, 0.6) is 5.75 Å². The molecule has 0 bridgehead atoms.